The minimum atomic E-state index is -2.30. The van der Waals surface area contributed by atoms with Gasteiger partial charge >= 0.3 is 8.80 Å². The molecule has 0 aromatic carbocycles. The number of hydrogen-bond acceptors (Lipinski definition) is 4. The first-order chi connectivity index (χ1) is 7.24. The molecule has 92 valence electrons. The van der Waals surface area contributed by atoms with Crippen molar-refractivity contribution in [1.82, 2.24) is 0 Å². The van der Waals surface area contributed by atoms with Crippen molar-refractivity contribution in [2.75, 3.05) is 32.8 Å². The molecule has 3 nitrogen and oxygen atoms in total. The summed E-state index contributed by atoms with van der Waals surface area (Å²) >= 11 is 2.01. The van der Waals surface area contributed by atoms with Crippen molar-refractivity contribution >= 4 is 20.6 Å². The van der Waals surface area contributed by atoms with E-state index in [1.807, 2.05) is 11.8 Å². The van der Waals surface area contributed by atoms with Gasteiger partial charge in [-0.3, -0.25) is 0 Å². The first-order valence-electron chi connectivity index (χ1n) is 5.48. The van der Waals surface area contributed by atoms with Crippen LogP contribution < -0.4 is 0 Å². The van der Waals surface area contributed by atoms with Crippen molar-refractivity contribution in [3.63, 3.8) is 0 Å². The molecule has 0 spiro atoms. The van der Waals surface area contributed by atoms with Crippen LogP contribution >= 0.6 is 11.8 Å². The Hall–Kier alpha value is 0.447. The third-order valence-corrected chi connectivity index (χ3v) is 6.33. The van der Waals surface area contributed by atoms with Crippen molar-refractivity contribution in [3.05, 3.63) is 0 Å². The Morgan fingerprint density at radius 3 is 1.93 bits per heavy atom. The Morgan fingerprint density at radius 2 is 1.47 bits per heavy atom. The molecule has 0 heterocycles. The zero-order valence-electron chi connectivity index (χ0n) is 10.4. The molecule has 0 radical (unpaired) electrons. The van der Waals surface area contributed by atoms with Crippen LogP contribution in [0.4, 0.5) is 0 Å². The van der Waals surface area contributed by atoms with Crippen LogP contribution in [0.2, 0.25) is 6.04 Å². The quantitative estimate of drug-likeness (QED) is 0.441. The van der Waals surface area contributed by atoms with E-state index < -0.39 is 8.80 Å². The summed E-state index contributed by atoms with van der Waals surface area (Å²) in [5.74, 6) is 2.43. The molecule has 0 aliphatic carbocycles. The van der Waals surface area contributed by atoms with Gasteiger partial charge < -0.3 is 13.3 Å². The van der Waals surface area contributed by atoms with Gasteiger partial charge in [-0.2, -0.15) is 11.8 Å². The second-order valence-corrected chi connectivity index (χ2v) is 7.68. The summed E-state index contributed by atoms with van der Waals surface area (Å²) in [6.07, 6.45) is 3.70. The normalized spacial score (nSPS) is 12.0. The summed E-state index contributed by atoms with van der Waals surface area (Å²) in [5, 5.41) is 0. The van der Waals surface area contributed by atoms with Gasteiger partial charge in [0.15, 0.2) is 0 Å². The third-order valence-electron chi connectivity index (χ3n) is 2.35. The summed E-state index contributed by atoms with van der Waals surface area (Å²) in [5.41, 5.74) is 0. The van der Waals surface area contributed by atoms with Crippen LogP contribution in [0.5, 0.6) is 0 Å². The molecule has 0 aliphatic heterocycles. The molecular weight excluding hydrogens is 228 g/mol. The molecule has 5 heteroatoms. The average Bonchev–Trinajstić information content (AvgIpc) is 2.29. The van der Waals surface area contributed by atoms with Crippen molar-refractivity contribution in [3.8, 4) is 0 Å². The fourth-order valence-electron chi connectivity index (χ4n) is 1.30. The molecule has 0 unspecified atom stereocenters. The van der Waals surface area contributed by atoms with E-state index in [1.165, 1.54) is 24.3 Å². The van der Waals surface area contributed by atoms with Gasteiger partial charge in [0, 0.05) is 27.4 Å². The van der Waals surface area contributed by atoms with Gasteiger partial charge in [-0.1, -0.05) is 13.3 Å². The highest BCUT2D eigenvalue weighted by Gasteiger charge is 2.36. The average molecular weight is 252 g/mol. The van der Waals surface area contributed by atoms with E-state index in [1.54, 1.807) is 21.3 Å². The Kier molecular flexibility index (Phi) is 9.94. The largest absolute Gasteiger partial charge is 0.500 e. The van der Waals surface area contributed by atoms with Crippen molar-refractivity contribution < 1.29 is 13.3 Å². The summed E-state index contributed by atoms with van der Waals surface area (Å²) in [6, 6.07) is 0.912. The van der Waals surface area contributed by atoms with Crippen LogP contribution in [0.3, 0.4) is 0 Å². The molecule has 0 rings (SSSR count). The highest BCUT2D eigenvalue weighted by atomic mass is 32.2. The van der Waals surface area contributed by atoms with Gasteiger partial charge in [-0.25, -0.2) is 0 Å². The van der Waals surface area contributed by atoms with Crippen LogP contribution in [0.25, 0.3) is 0 Å². The van der Waals surface area contributed by atoms with Gasteiger partial charge in [0.25, 0.3) is 0 Å². The Labute approximate surface area is 99.2 Å². The second kappa shape index (κ2) is 9.66. The van der Waals surface area contributed by atoms with Crippen molar-refractivity contribution in [1.29, 1.82) is 0 Å². The molecule has 0 N–H and O–H groups in total. The maximum atomic E-state index is 5.35. The maximum absolute atomic E-state index is 5.35. The van der Waals surface area contributed by atoms with E-state index >= 15 is 0 Å². The highest BCUT2D eigenvalue weighted by molar-refractivity contribution is 7.99. The maximum Gasteiger partial charge on any atom is 0.500 e. The summed E-state index contributed by atoms with van der Waals surface area (Å²) in [7, 11) is 2.71. The molecule has 0 amide bonds. The van der Waals surface area contributed by atoms with Crippen LogP contribution in [0.1, 0.15) is 26.2 Å². The summed E-state index contributed by atoms with van der Waals surface area (Å²) in [4.78, 5) is 0. The molecule has 0 atom stereocenters. The smallest absolute Gasteiger partial charge is 0.377 e. The van der Waals surface area contributed by atoms with E-state index in [-0.39, 0.29) is 0 Å². The van der Waals surface area contributed by atoms with Crippen LogP contribution in [0.15, 0.2) is 0 Å². The van der Waals surface area contributed by atoms with Crippen molar-refractivity contribution in [2.24, 2.45) is 0 Å². The topological polar surface area (TPSA) is 27.7 Å². The summed E-state index contributed by atoms with van der Waals surface area (Å²) in [6.45, 7) is 2.22. The number of unbranched alkanes of at least 4 members (excludes halogenated alkanes) is 1. The molecular formula is C10H24O3SSi. The van der Waals surface area contributed by atoms with Crippen molar-refractivity contribution in [2.45, 2.75) is 32.2 Å². The van der Waals surface area contributed by atoms with Gasteiger partial charge in [-0.15, -0.1) is 0 Å². The molecule has 0 fully saturated rings. The lowest BCUT2D eigenvalue weighted by atomic mass is 10.4. The van der Waals surface area contributed by atoms with Gasteiger partial charge in [0.05, 0.1) is 0 Å². The number of hydrogen-bond donors (Lipinski definition) is 0. The molecule has 0 saturated carbocycles. The minimum absolute atomic E-state index is 0.912. The monoisotopic (exact) mass is 252 g/mol. The van der Waals surface area contributed by atoms with E-state index in [4.69, 9.17) is 13.3 Å². The molecule has 0 aromatic rings. The molecule has 0 aromatic heterocycles. The van der Waals surface area contributed by atoms with E-state index in [0.29, 0.717) is 0 Å². The molecule has 15 heavy (non-hydrogen) atoms. The van der Waals surface area contributed by atoms with Gasteiger partial charge in [0.2, 0.25) is 0 Å². The van der Waals surface area contributed by atoms with Gasteiger partial charge in [-0.05, 0) is 24.3 Å². The predicted octanol–water partition coefficient (Wildman–Crippen LogP) is 2.79. The Balaban J connectivity index is 3.54. The van der Waals surface area contributed by atoms with Gasteiger partial charge in [0.1, 0.15) is 0 Å². The fourth-order valence-corrected chi connectivity index (χ4v) is 4.32. The van der Waals surface area contributed by atoms with Crippen LogP contribution in [-0.4, -0.2) is 41.6 Å². The van der Waals surface area contributed by atoms with Crippen LogP contribution in [0, 0.1) is 0 Å². The zero-order valence-corrected chi connectivity index (χ0v) is 12.2. The standard InChI is InChI=1S/C10H24O3SSi/c1-5-6-8-14-9-7-10-15(11-2,12-3)13-4/h5-10H2,1-4H3. The Bertz CT molecular complexity index is 134. The SMILES string of the molecule is CCCCSCCC[Si](OC)(OC)OC. The van der Waals surface area contributed by atoms with Crippen LogP contribution in [-0.2, 0) is 13.3 Å². The molecule has 0 aliphatic rings. The zero-order chi connectivity index (χ0) is 11.6. The number of rotatable bonds is 10. The second-order valence-electron chi connectivity index (χ2n) is 3.36. The number of thioether (sulfide) groups is 1. The lowest BCUT2D eigenvalue weighted by molar-refractivity contribution is 0.123. The Morgan fingerprint density at radius 1 is 0.933 bits per heavy atom. The predicted molar refractivity (Wildman–Crippen MR) is 68.4 cm³/mol. The van der Waals surface area contributed by atoms with E-state index in [2.05, 4.69) is 6.92 Å². The first-order valence-corrected chi connectivity index (χ1v) is 8.56. The van der Waals surface area contributed by atoms with E-state index in [0.717, 1.165) is 12.5 Å². The first kappa shape index (κ1) is 15.4. The fraction of sp³-hybridized carbons (Fsp3) is 1.00. The lowest BCUT2D eigenvalue weighted by Crippen LogP contribution is -2.42. The third kappa shape index (κ3) is 6.58. The summed E-state index contributed by atoms with van der Waals surface area (Å²) < 4.78 is 16.0. The molecule has 0 bridgehead atoms. The lowest BCUT2D eigenvalue weighted by Gasteiger charge is -2.24. The molecule has 0 saturated heterocycles. The highest BCUT2D eigenvalue weighted by Crippen LogP contribution is 2.17. The minimum Gasteiger partial charge on any atom is -0.377 e. The van der Waals surface area contributed by atoms with E-state index in [9.17, 15) is 0 Å².